The number of nitrogens with zero attached hydrogens (tertiary/aromatic N) is 3. The molecule has 1 aliphatic rings. The first-order valence-corrected chi connectivity index (χ1v) is 5.10. The first kappa shape index (κ1) is 11.0. The first-order chi connectivity index (χ1) is 8.24. The van der Waals surface area contributed by atoms with Gasteiger partial charge in [0.25, 0.3) is 0 Å². The van der Waals surface area contributed by atoms with Crippen LogP contribution >= 0.6 is 0 Å². The predicted octanol–water partition coefficient (Wildman–Crippen LogP) is 1.80. The van der Waals surface area contributed by atoms with E-state index in [-0.39, 0.29) is 12.5 Å². The number of hydrogen-bond donors (Lipinski definition) is 0. The zero-order chi connectivity index (χ0) is 12.3. The summed E-state index contributed by atoms with van der Waals surface area (Å²) >= 11 is 0. The molecule has 0 bridgehead atoms. The van der Waals surface area contributed by atoms with Crippen molar-refractivity contribution >= 4 is 11.8 Å². The summed E-state index contributed by atoms with van der Waals surface area (Å²) in [5.41, 5.74) is 1.21. The second-order valence-electron chi connectivity index (χ2n) is 3.64. The molecule has 1 aliphatic heterocycles. The summed E-state index contributed by atoms with van der Waals surface area (Å²) in [6.07, 6.45) is -0.628. The molecule has 1 fully saturated rings. The number of ether oxygens (including phenoxy) is 1. The van der Waals surface area contributed by atoms with Crippen molar-refractivity contribution in [2.24, 2.45) is 0 Å². The molecule has 5 heteroatoms. The van der Waals surface area contributed by atoms with Crippen LogP contribution in [0.2, 0.25) is 0 Å². The van der Waals surface area contributed by atoms with Gasteiger partial charge in [0.1, 0.15) is 6.10 Å². The van der Waals surface area contributed by atoms with Crippen LogP contribution in [0.1, 0.15) is 12.0 Å². The lowest BCUT2D eigenvalue weighted by molar-refractivity contribution is 0.143. The van der Waals surface area contributed by atoms with Gasteiger partial charge >= 0.3 is 6.09 Å². The molecule has 1 heterocycles. The van der Waals surface area contributed by atoms with Crippen molar-refractivity contribution in [1.29, 1.82) is 10.5 Å². The number of amides is 1. The van der Waals surface area contributed by atoms with Crippen molar-refractivity contribution in [2.45, 2.75) is 12.5 Å². The lowest BCUT2D eigenvalue weighted by Crippen LogP contribution is -2.24. The van der Waals surface area contributed by atoms with E-state index in [0.29, 0.717) is 17.8 Å². The van der Waals surface area contributed by atoms with E-state index in [1.807, 2.05) is 12.1 Å². The van der Waals surface area contributed by atoms with Gasteiger partial charge in [0.15, 0.2) is 0 Å². The van der Waals surface area contributed by atoms with Gasteiger partial charge in [-0.15, -0.1) is 0 Å². The van der Waals surface area contributed by atoms with Crippen LogP contribution in [0.4, 0.5) is 10.5 Å². The van der Waals surface area contributed by atoms with Gasteiger partial charge in [0, 0.05) is 5.69 Å². The summed E-state index contributed by atoms with van der Waals surface area (Å²) in [5.74, 6) is 0. The number of rotatable bonds is 2. The number of carbonyl (C=O) groups is 1. The third kappa shape index (κ3) is 2.19. The van der Waals surface area contributed by atoms with Gasteiger partial charge in [-0.05, 0) is 24.3 Å². The Hall–Kier alpha value is -2.53. The summed E-state index contributed by atoms with van der Waals surface area (Å²) in [6.45, 7) is 0.373. The van der Waals surface area contributed by atoms with Crippen molar-refractivity contribution in [3.63, 3.8) is 0 Å². The number of cyclic esters (lactones) is 1. The Balaban J connectivity index is 2.15. The summed E-state index contributed by atoms with van der Waals surface area (Å²) in [7, 11) is 0. The Morgan fingerprint density at radius 2 is 2.06 bits per heavy atom. The van der Waals surface area contributed by atoms with Crippen LogP contribution in [0.3, 0.4) is 0 Å². The molecule has 0 aromatic heterocycles. The van der Waals surface area contributed by atoms with Crippen LogP contribution < -0.4 is 4.90 Å². The third-order valence-corrected chi connectivity index (χ3v) is 2.50. The molecule has 0 N–H and O–H groups in total. The highest BCUT2D eigenvalue weighted by Gasteiger charge is 2.31. The monoisotopic (exact) mass is 227 g/mol. The van der Waals surface area contributed by atoms with Gasteiger partial charge in [-0.25, -0.2) is 4.79 Å². The Kier molecular flexibility index (Phi) is 2.93. The maximum Gasteiger partial charge on any atom is 0.414 e. The van der Waals surface area contributed by atoms with Crippen molar-refractivity contribution in [2.75, 3.05) is 11.4 Å². The van der Waals surface area contributed by atoms with E-state index >= 15 is 0 Å². The van der Waals surface area contributed by atoms with Crippen LogP contribution in [0.15, 0.2) is 24.3 Å². The van der Waals surface area contributed by atoms with Gasteiger partial charge in [-0.2, -0.15) is 10.5 Å². The highest BCUT2D eigenvalue weighted by atomic mass is 16.6. The number of carbonyl (C=O) groups excluding carboxylic acids is 1. The highest BCUT2D eigenvalue weighted by molar-refractivity contribution is 5.89. The molecule has 1 aromatic rings. The van der Waals surface area contributed by atoms with Gasteiger partial charge in [0.05, 0.1) is 30.7 Å². The molecular formula is C12H9N3O2. The maximum atomic E-state index is 11.5. The van der Waals surface area contributed by atoms with Crippen molar-refractivity contribution in [3.05, 3.63) is 29.8 Å². The van der Waals surface area contributed by atoms with E-state index in [1.165, 1.54) is 4.90 Å². The number of hydrogen-bond acceptors (Lipinski definition) is 4. The minimum Gasteiger partial charge on any atom is -0.443 e. The fourth-order valence-corrected chi connectivity index (χ4v) is 1.66. The third-order valence-electron chi connectivity index (χ3n) is 2.50. The Morgan fingerprint density at radius 1 is 1.35 bits per heavy atom. The Labute approximate surface area is 98.4 Å². The zero-order valence-corrected chi connectivity index (χ0v) is 8.96. The van der Waals surface area contributed by atoms with E-state index in [0.717, 1.165) is 0 Å². The van der Waals surface area contributed by atoms with Crippen LogP contribution in [0, 0.1) is 22.7 Å². The van der Waals surface area contributed by atoms with E-state index in [4.69, 9.17) is 15.3 Å². The molecule has 0 saturated carbocycles. The molecule has 1 atom stereocenters. The average Bonchev–Trinajstić information content (AvgIpc) is 2.71. The van der Waals surface area contributed by atoms with E-state index in [2.05, 4.69) is 0 Å². The molecular weight excluding hydrogens is 218 g/mol. The van der Waals surface area contributed by atoms with Gasteiger partial charge in [-0.1, -0.05) is 0 Å². The molecule has 1 unspecified atom stereocenters. The molecule has 2 rings (SSSR count). The molecule has 5 nitrogen and oxygen atoms in total. The average molecular weight is 227 g/mol. The smallest absolute Gasteiger partial charge is 0.414 e. The molecule has 0 radical (unpaired) electrons. The SMILES string of the molecule is N#CCC1CN(c2ccc(C#N)cc2)C(=O)O1. The van der Waals surface area contributed by atoms with Crippen LogP contribution in [-0.2, 0) is 4.74 Å². The van der Waals surface area contributed by atoms with Crippen molar-refractivity contribution in [3.8, 4) is 12.1 Å². The lowest BCUT2D eigenvalue weighted by Gasteiger charge is -2.12. The van der Waals surface area contributed by atoms with Crippen LogP contribution in [-0.4, -0.2) is 18.7 Å². The maximum absolute atomic E-state index is 11.5. The molecule has 1 amide bonds. The number of nitriles is 2. The quantitative estimate of drug-likeness (QED) is 0.771. The molecule has 1 saturated heterocycles. The molecule has 0 spiro atoms. The summed E-state index contributed by atoms with van der Waals surface area (Å²) in [6, 6.07) is 10.6. The fraction of sp³-hybridized carbons (Fsp3) is 0.250. The first-order valence-electron chi connectivity index (χ1n) is 5.10. The Morgan fingerprint density at radius 3 is 2.65 bits per heavy atom. The van der Waals surface area contributed by atoms with E-state index in [9.17, 15) is 4.79 Å². The van der Waals surface area contributed by atoms with E-state index < -0.39 is 6.09 Å². The van der Waals surface area contributed by atoms with Gasteiger partial charge in [-0.3, -0.25) is 4.90 Å². The zero-order valence-electron chi connectivity index (χ0n) is 8.96. The minimum absolute atomic E-state index is 0.193. The van der Waals surface area contributed by atoms with Crippen LogP contribution in [0.25, 0.3) is 0 Å². The lowest BCUT2D eigenvalue weighted by atomic mass is 10.2. The Bertz CT molecular complexity index is 510. The normalized spacial score (nSPS) is 18.4. The largest absolute Gasteiger partial charge is 0.443 e. The highest BCUT2D eigenvalue weighted by Crippen LogP contribution is 2.22. The van der Waals surface area contributed by atoms with E-state index in [1.54, 1.807) is 24.3 Å². The second kappa shape index (κ2) is 4.54. The molecule has 17 heavy (non-hydrogen) atoms. The summed E-state index contributed by atoms with van der Waals surface area (Å²) in [4.78, 5) is 13.0. The summed E-state index contributed by atoms with van der Waals surface area (Å²) < 4.78 is 5.02. The standard InChI is InChI=1S/C12H9N3O2/c13-6-5-11-8-15(12(16)17-11)10-3-1-9(7-14)2-4-10/h1-4,11H,5,8H2. The fourth-order valence-electron chi connectivity index (χ4n) is 1.66. The molecule has 0 aliphatic carbocycles. The topological polar surface area (TPSA) is 77.1 Å². The predicted molar refractivity (Wildman–Crippen MR) is 59.0 cm³/mol. The van der Waals surface area contributed by atoms with Crippen molar-refractivity contribution in [1.82, 2.24) is 0 Å². The minimum atomic E-state index is -0.449. The van der Waals surface area contributed by atoms with Crippen molar-refractivity contribution < 1.29 is 9.53 Å². The van der Waals surface area contributed by atoms with Gasteiger partial charge < -0.3 is 4.74 Å². The summed E-state index contributed by atoms with van der Waals surface area (Å²) in [5, 5.41) is 17.2. The number of benzene rings is 1. The second-order valence-corrected chi connectivity index (χ2v) is 3.64. The number of anilines is 1. The molecule has 1 aromatic carbocycles. The van der Waals surface area contributed by atoms with Crippen LogP contribution in [0.5, 0.6) is 0 Å². The van der Waals surface area contributed by atoms with Gasteiger partial charge in [0.2, 0.25) is 0 Å². The molecule has 84 valence electrons.